The van der Waals surface area contributed by atoms with E-state index in [1.165, 1.54) is 25.1 Å². The summed E-state index contributed by atoms with van der Waals surface area (Å²) in [5.41, 5.74) is 0.430. The Labute approximate surface area is 87.0 Å². The van der Waals surface area contributed by atoms with Crippen LogP contribution in [0.4, 0.5) is 0 Å². The number of hydrogen-bond acceptors (Lipinski definition) is 4. The van der Waals surface area contributed by atoms with Gasteiger partial charge >= 0.3 is 0 Å². The van der Waals surface area contributed by atoms with Crippen LogP contribution < -0.4 is 5.32 Å². The number of nitrogens with one attached hydrogen (secondary N) is 1. The molecule has 1 rings (SSSR count). The Balaban J connectivity index is 2.69. The van der Waals surface area contributed by atoms with Gasteiger partial charge in [0, 0.05) is 13.5 Å². The van der Waals surface area contributed by atoms with E-state index in [9.17, 15) is 15.0 Å². The molecule has 0 aliphatic carbocycles. The number of carbonyl (C=O) groups excluding carboxylic acids is 1. The van der Waals surface area contributed by atoms with Crippen molar-refractivity contribution < 1.29 is 20.1 Å². The fraction of sp³-hybridized carbons (Fsp3) is 0.300. The molecule has 15 heavy (non-hydrogen) atoms. The van der Waals surface area contributed by atoms with E-state index in [1.807, 2.05) is 0 Å². The fourth-order valence-electron chi connectivity index (χ4n) is 1.11. The van der Waals surface area contributed by atoms with Gasteiger partial charge in [-0.1, -0.05) is 6.07 Å². The van der Waals surface area contributed by atoms with Gasteiger partial charge in [0.2, 0.25) is 5.91 Å². The molecule has 0 aliphatic rings. The molecule has 1 aromatic carbocycles. The Hall–Kier alpha value is -1.75. The minimum Gasteiger partial charge on any atom is -0.504 e. The van der Waals surface area contributed by atoms with E-state index in [-0.39, 0.29) is 24.0 Å². The Morgan fingerprint density at radius 3 is 2.60 bits per heavy atom. The van der Waals surface area contributed by atoms with Crippen LogP contribution in [0.2, 0.25) is 0 Å². The van der Waals surface area contributed by atoms with Gasteiger partial charge in [0.15, 0.2) is 11.5 Å². The first-order chi connectivity index (χ1) is 7.00. The van der Waals surface area contributed by atoms with Gasteiger partial charge in [-0.15, -0.1) is 0 Å². The molecule has 0 bridgehead atoms. The number of aliphatic hydroxyl groups is 1. The van der Waals surface area contributed by atoms with Crippen LogP contribution >= 0.6 is 0 Å². The van der Waals surface area contributed by atoms with E-state index in [0.717, 1.165) is 0 Å². The molecule has 5 heteroatoms. The lowest BCUT2D eigenvalue weighted by Gasteiger charge is -2.11. The molecule has 0 aromatic heterocycles. The SMILES string of the molecule is CC(=O)NCC(O)c1ccc(O)c(O)c1. The summed E-state index contributed by atoms with van der Waals surface area (Å²) in [5.74, 6) is -0.781. The molecule has 1 atom stereocenters. The third-order valence-electron chi connectivity index (χ3n) is 1.93. The third kappa shape index (κ3) is 3.14. The number of carbonyl (C=O) groups is 1. The average Bonchev–Trinajstić information content (AvgIpc) is 2.18. The van der Waals surface area contributed by atoms with Gasteiger partial charge in [-0.05, 0) is 17.7 Å². The van der Waals surface area contributed by atoms with Gasteiger partial charge in [-0.25, -0.2) is 0 Å². The number of phenols is 2. The van der Waals surface area contributed by atoms with Gasteiger partial charge in [0.05, 0.1) is 6.10 Å². The van der Waals surface area contributed by atoms with Crippen LogP contribution in [0.25, 0.3) is 0 Å². The molecule has 0 aliphatic heterocycles. The molecule has 0 saturated heterocycles. The minimum absolute atomic E-state index is 0.0690. The molecule has 0 saturated carbocycles. The zero-order valence-corrected chi connectivity index (χ0v) is 8.27. The molecule has 0 heterocycles. The van der Waals surface area contributed by atoms with Crippen LogP contribution in [0.5, 0.6) is 11.5 Å². The van der Waals surface area contributed by atoms with E-state index in [0.29, 0.717) is 5.56 Å². The van der Waals surface area contributed by atoms with Crippen LogP contribution in [-0.2, 0) is 4.79 Å². The first-order valence-electron chi connectivity index (χ1n) is 4.45. The number of hydrogen-bond donors (Lipinski definition) is 4. The summed E-state index contributed by atoms with van der Waals surface area (Å²) in [6, 6.07) is 4.00. The van der Waals surface area contributed by atoms with Gasteiger partial charge < -0.3 is 20.6 Å². The first-order valence-corrected chi connectivity index (χ1v) is 4.45. The van der Waals surface area contributed by atoms with Gasteiger partial charge in [-0.3, -0.25) is 4.79 Å². The predicted molar refractivity (Wildman–Crippen MR) is 53.4 cm³/mol. The quantitative estimate of drug-likeness (QED) is 0.540. The molecule has 0 spiro atoms. The maximum absolute atomic E-state index is 10.6. The minimum atomic E-state index is -0.902. The molecular weight excluding hydrogens is 198 g/mol. The summed E-state index contributed by atoms with van der Waals surface area (Å²) in [6.45, 7) is 1.42. The zero-order valence-electron chi connectivity index (χ0n) is 8.27. The summed E-state index contributed by atoms with van der Waals surface area (Å²) in [6.07, 6.45) is -0.902. The monoisotopic (exact) mass is 211 g/mol. The first kappa shape index (κ1) is 11.3. The number of amides is 1. The Bertz CT molecular complexity index is 364. The summed E-state index contributed by atoms with van der Waals surface area (Å²) < 4.78 is 0. The van der Waals surface area contributed by atoms with E-state index in [2.05, 4.69) is 5.32 Å². The number of aromatic hydroxyl groups is 2. The van der Waals surface area contributed by atoms with Crippen LogP contribution in [0.3, 0.4) is 0 Å². The fourth-order valence-corrected chi connectivity index (χ4v) is 1.11. The standard InChI is InChI=1S/C10H13NO4/c1-6(12)11-5-10(15)7-2-3-8(13)9(14)4-7/h2-4,10,13-15H,5H2,1H3,(H,11,12). The molecule has 5 nitrogen and oxygen atoms in total. The normalized spacial score (nSPS) is 12.1. The van der Waals surface area contributed by atoms with E-state index in [1.54, 1.807) is 0 Å². The van der Waals surface area contributed by atoms with Crippen molar-refractivity contribution in [1.82, 2.24) is 5.32 Å². The lowest BCUT2D eigenvalue weighted by atomic mass is 10.1. The summed E-state index contributed by atoms with van der Waals surface area (Å²) in [4.78, 5) is 10.6. The summed E-state index contributed by atoms with van der Waals surface area (Å²) in [5, 5.41) is 30.2. The van der Waals surface area contributed by atoms with Gasteiger partial charge in [0.1, 0.15) is 0 Å². The Morgan fingerprint density at radius 2 is 2.07 bits per heavy atom. The van der Waals surface area contributed by atoms with E-state index in [4.69, 9.17) is 5.11 Å². The van der Waals surface area contributed by atoms with Crippen molar-refractivity contribution >= 4 is 5.91 Å². The van der Waals surface area contributed by atoms with Crippen LogP contribution in [0.15, 0.2) is 18.2 Å². The van der Waals surface area contributed by atoms with Crippen molar-refractivity contribution in [2.24, 2.45) is 0 Å². The average molecular weight is 211 g/mol. The number of phenolic OH excluding ortho intramolecular Hbond substituents is 2. The lowest BCUT2D eigenvalue weighted by molar-refractivity contribution is -0.119. The largest absolute Gasteiger partial charge is 0.504 e. The topological polar surface area (TPSA) is 89.8 Å². The van der Waals surface area contributed by atoms with Crippen LogP contribution in [0, 0.1) is 0 Å². The highest BCUT2D eigenvalue weighted by Crippen LogP contribution is 2.27. The second-order valence-electron chi connectivity index (χ2n) is 3.20. The molecular formula is C10H13NO4. The van der Waals surface area contributed by atoms with Crippen molar-refractivity contribution in [2.45, 2.75) is 13.0 Å². The van der Waals surface area contributed by atoms with Crippen molar-refractivity contribution in [1.29, 1.82) is 0 Å². The van der Waals surface area contributed by atoms with Crippen molar-refractivity contribution in [3.63, 3.8) is 0 Å². The molecule has 0 fully saturated rings. The van der Waals surface area contributed by atoms with E-state index >= 15 is 0 Å². The maximum atomic E-state index is 10.6. The van der Waals surface area contributed by atoms with E-state index < -0.39 is 6.10 Å². The molecule has 1 amide bonds. The second kappa shape index (κ2) is 4.65. The molecule has 4 N–H and O–H groups in total. The van der Waals surface area contributed by atoms with Gasteiger partial charge in [0.25, 0.3) is 0 Å². The molecule has 0 radical (unpaired) electrons. The van der Waals surface area contributed by atoms with Gasteiger partial charge in [-0.2, -0.15) is 0 Å². The second-order valence-corrected chi connectivity index (χ2v) is 3.20. The third-order valence-corrected chi connectivity index (χ3v) is 1.93. The molecule has 1 unspecified atom stereocenters. The predicted octanol–water partition coefficient (Wildman–Crippen LogP) is 0.267. The number of benzene rings is 1. The smallest absolute Gasteiger partial charge is 0.216 e. The lowest BCUT2D eigenvalue weighted by Crippen LogP contribution is -2.25. The maximum Gasteiger partial charge on any atom is 0.216 e. The zero-order chi connectivity index (χ0) is 11.4. The number of rotatable bonds is 3. The van der Waals surface area contributed by atoms with Crippen LogP contribution in [0.1, 0.15) is 18.6 Å². The van der Waals surface area contributed by atoms with Crippen molar-refractivity contribution in [3.8, 4) is 11.5 Å². The summed E-state index contributed by atoms with van der Waals surface area (Å²) >= 11 is 0. The van der Waals surface area contributed by atoms with Crippen LogP contribution in [-0.4, -0.2) is 27.8 Å². The molecule has 1 aromatic rings. The highest BCUT2D eigenvalue weighted by atomic mass is 16.3. The highest BCUT2D eigenvalue weighted by molar-refractivity contribution is 5.72. The summed E-state index contributed by atoms with van der Waals surface area (Å²) in [7, 11) is 0. The van der Waals surface area contributed by atoms with Crippen molar-refractivity contribution in [2.75, 3.05) is 6.54 Å². The Morgan fingerprint density at radius 1 is 1.40 bits per heavy atom. The highest BCUT2D eigenvalue weighted by Gasteiger charge is 2.10. The Kier molecular flexibility index (Phi) is 3.51. The molecule has 82 valence electrons. The number of aliphatic hydroxyl groups excluding tert-OH is 1. The van der Waals surface area contributed by atoms with Crippen molar-refractivity contribution in [3.05, 3.63) is 23.8 Å².